The predicted octanol–water partition coefficient (Wildman–Crippen LogP) is 2.05. The lowest BCUT2D eigenvalue weighted by atomic mass is 9.45. The SMILES string of the molecule is C[C@H]1C[C@@H](O)[C@@H]2C[C@H]1C2(C)C. The molecule has 1 N–H and O–H groups in total. The number of rotatable bonds is 0. The molecule has 3 saturated carbocycles. The zero-order valence-corrected chi connectivity index (χ0v) is 7.67. The summed E-state index contributed by atoms with van der Waals surface area (Å²) in [7, 11) is 0. The van der Waals surface area contributed by atoms with Crippen molar-refractivity contribution in [1.29, 1.82) is 0 Å². The average molecular weight is 154 g/mol. The lowest BCUT2D eigenvalue weighted by Crippen LogP contribution is -2.57. The molecule has 11 heavy (non-hydrogen) atoms. The highest BCUT2D eigenvalue weighted by Crippen LogP contribution is 2.61. The van der Waals surface area contributed by atoms with Crippen molar-refractivity contribution in [1.82, 2.24) is 0 Å². The van der Waals surface area contributed by atoms with Crippen molar-refractivity contribution in [3.8, 4) is 0 Å². The van der Waals surface area contributed by atoms with Crippen molar-refractivity contribution in [2.45, 2.75) is 39.7 Å². The Hall–Kier alpha value is -0.0400. The van der Waals surface area contributed by atoms with E-state index in [0.29, 0.717) is 11.3 Å². The molecule has 4 atom stereocenters. The van der Waals surface area contributed by atoms with Crippen LogP contribution in [0.4, 0.5) is 0 Å². The molecule has 0 unspecified atom stereocenters. The van der Waals surface area contributed by atoms with Gasteiger partial charge in [-0.2, -0.15) is 0 Å². The second kappa shape index (κ2) is 2.01. The molecule has 3 fully saturated rings. The molecule has 0 amide bonds. The lowest BCUT2D eigenvalue weighted by molar-refractivity contribution is -0.167. The molecular weight excluding hydrogens is 136 g/mol. The highest BCUT2D eigenvalue weighted by Gasteiger charge is 2.56. The molecule has 2 bridgehead atoms. The highest BCUT2D eigenvalue weighted by molar-refractivity contribution is 5.05. The van der Waals surface area contributed by atoms with E-state index in [1.165, 1.54) is 6.42 Å². The Bertz CT molecular complexity index is 158. The summed E-state index contributed by atoms with van der Waals surface area (Å²) in [5.74, 6) is 2.23. The monoisotopic (exact) mass is 154 g/mol. The number of hydrogen-bond donors (Lipinski definition) is 1. The third-order valence-corrected chi connectivity index (χ3v) is 4.18. The molecule has 0 radical (unpaired) electrons. The fourth-order valence-electron chi connectivity index (χ4n) is 3.32. The van der Waals surface area contributed by atoms with E-state index in [2.05, 4.69) is 20.8 Å². The Kier molecular flexibility index (Phi) is 1.39. The fourth-order valence-corrected chi connectivity index (χ4v) is 3.32. The first kappa shape index (κ1) is 7.60. The van der Waals surface area contributed by atoms with Crippen LogP contribution in [0.3, 0.4) is 0 Å². The largest absolute Gasteiger partial charge is 0.393 e. The topological polar surface area (TPSA) is 20.2 Å². The average Bonchev–Trinajstić information content (AvgIpc) is 1.84. The van der Waals surface area contributed by atoms with Gasteiger partial charge in [0.25, 0.3) is 0 Å². The predicted molar refractivity (Wildman–Crippen MR) is 45.2 cm³/mol. The van der Waals surface area contributed by atoms with E-state index in [-0.39, 0.29) is 6.10 Å². The van der Waals surface area contributed by atoms with E-state index in [9.17, 15) is 5.11 Å². The van der Waals surface area contributed by atoms with Crippen LogP contribution in [-0.4, -0.2) is 11.2 Å². The second-order valence-electron chi connectivity index (χ2n) is 5.05. The first-order chi connectivity index (χ1) is 5.03. The first-order valence-electron chi connectivity index (χ1n) is 4.71. The van der Waals surface area contributed by atoms with E-state index in [4.69, 9.17) is 0 Å². The minimum atomic E-state index is -0.00926. The van der Waals surface area contributed by atoms with Crippen LogP contribution in [0.1, 0.15) is 33.6 Å². The Labute approximate surface area is 68.8 Å². The molecule has 0 aromatic carbocycles. The summed E-state index contributed by atoms with van der Waals surface area (Å²) in [6.07, 6.45) is 2.30. The van der Waals surface area contributed by atoms with Crippen LogP contribution < -0.4 is 0 Å². The summed E-state index contributed by atoms with van der Waals surface area (Å²) in [6, 6.07) is 0. The molecule has 0 aliphatic heterocycles. The molecule has 0 heterocycles. The van der Waals surface area contributed by atoms with Gasteiger partial charge in [-0.15, -0.1) is 0 Å². The van der Waals surface area contributed by atoms with Gasteiger partial charge in [-0.3, -0.25) is 0 Å². The zero-order valence-electron chi connectivity index (χ0n) is 7.67. The van der Waals surface area contributed by atoms with Crippen LogP contribution in [0, 0.1) is 23.2 Å². The van der Waals surface area contributed by atoms with Crippen LogP contribution in [0.25, 0.3) is 0 Å². The molecule has 0 spiro atoms. The minimum Gasteiger partial charge on any atom is -0.393 e. The van der Waals surface area contributed by atoms with Gasteiger partial charge in [-0.05, 0) is 36.0 Å². The smallest absolute Gasteiger partial charge is 0.0576 e. The van der Waals surface area contributed by atoms with E-state index in [1.807, 2.05) is 0 Å². The van der Waals surface area contributed by atoms with Crippen molar-refractivity contribution in [2.24, 2.45) is 23.2 Å². The molecule has 0 saturated heterocycles. The van der Waals surface area contributed by atoms with Gasteiger partial charge in [0.15, 0.2) is 0 Å². The van der Waals surface area contributed by atoms with Crippen molar-refractivity contribution in [3.63, 3.8) is 0 Å². The molecule has 1 nitrogen and oxygen atoms in total. The molecule has 3 rings (SSSR count). The summed E-state index contributed by atoms with van der Waals surface area (Å²) < 4.78 is 0. The maximum atomic E-state index is 9.72. The fraction of sp³-hybridized carbons (Fsp3) is 1.00. The van der Waals surface area contributed by atoms with Crippen LogP contribution in [0.5, 0.6) is 0 Å². The molecular formula is C10H18O. The van der Waals surface area contributed by atoms with E-state index < -0.39 is 0 Å². The van der Waals surface area contributed by atoms with Crippen molar-refractivity contribution in [2.75, 3.05) is 0 Å². The van der Waals surface area contributed by atoms with E-state index in [0.717, 1.165) is 18.3 Å². The van der Waals surface area contributed by atoms with Gasteiger partial charge in [0.2, 0.25) is 0 Å². The Morgan fingerprint density at radius 1 is 1.18 bits per heavy atom. The normalized spacial score (nSPS) is 53.5. The maximum Gasteiger partial charge on any atom is 0.0576 e. The molecule has 64 valence electrons. The number of fused-ring (bicyclic) bond motifs is 2. The van der Waals surface area contributed by atoms with Gasteiger partial charge in [0.05, 0.1) is 6.10 Å². The van der Waals surface area contributed by atoms with Gasteiger partial charge >= 0.3 is 0 Å². The van der Waals surface area contributed by atoms with Gasteiger partial charge in [0, 0.05) is 0 Å². The summed E-state index contributed by atoms with van der Waals surface area (Å²) in [4.78, 5) is 0. The highest BCUT2D eigenvalue weighted by atomic mass is 16.3. The summed E-state index contributed by atoms with van der Waals surface area (Å²) in [5, 5.41) is 9.72. The van der Waals surface area contributed by atoms with Crippen LogP contribution in [0.15, 0.2) is 0 Å². The number of aliphatic hydroxyl groups excluding tert-OH is 1. The molecule has 3 aliphatic rings. The number of aliphatic hydroxyl groups is 1. The molecule has 3 aliphatic carbocycles. The summed E-state index contributed by atoms with van der Waals surface area (Å²) >= 11 is 0. The van der Waals surface area contributed by atoms with Gasteiger partial charge < -0.3 is 5.11 Å². The number of hydrogen-bond acceptors (Lipinski definition) is 1. The second-order valence-corrected chi connectivity index (χ2v) is 5.05. The van der Waals surface area contributed by atoms with Crippen LogP contribution >= 0.6 is 0 Å². The third kappa shape index (κ3) is 0.807. The zero-order chi connectivity index (χ0) is 8.22. The molecule has 0 aromatic heterocycles. The summed E-state index contributed by atoms with van der Waals surface area (Å²) in [6.45, 7) is 6.90. The lowest BCUT2D eigenvalue weighted by Gasteiger charge is -2.61. The first-order valence-corrected chi connectivity index (χ1v) is 4.71. The van der Waals surface area contributed by atoms with E-state index in [1.54, 1.807) is 0 Å². The molecule has 0 aromatic rings. The van der Waals surface area contributed by atoms with Crippen molar-refractivity contribution in [3.05, 3.63) is 0 Å². The minimum absolute atomic E-state index is 0.00926. The molecule has 1 heteroatoms. The van der Waals surface area contributed by atoms with Crippen LogP contribution in [0.2, 0.25) is 0 Å². The standard InChI is InChI=1S/C10H18O/c1-6-4-9(11)8-5-7(6)10(8,2)3/h6-9,11H,4-5H2,1-3H3/t6-,7+,8-,9+/m0/s1. The maximum absolute atomic E-state index is 9.72. The van der Waals surface area contributed by atoms with E-state index >= 15 is 0 Å². The van der Waals surface area contributed by atoms with Crippen molar-refractivity contribution < 1.29 is 5.11 Å². The van der Waals surface area contributed by atoms with Gasteiger partial charge in [-0.25, -0.2) is 0 Å². The Morgan fingerprint density at radius 3 is 2.18 bits per heavy atom. The van der Waals surface area contributed by atoms with Gasteiger partial charge in [-0.1, -0.05) is 20.8 Å². The van der Waals surface area contributed by atoms with Gasteiger partial charge in [0.1, 0.15) is 0 Å². The summed E-state index contributed by atoms with van der Waals surface area (Å²) in [5.41, 5.74) is 0.428. The quantitative estimate of drug-likeness (QED) is 0.566. The van der Waals surface area contributed by atoms with Crippen LogP contribution in [-0.2, 0) is 0 Å². The Balaban J connectivity index is 2.20. The van der Waals surface area contributed by atoms with Crippen molar-refractivity contribution >= 4 is 0 Å². The third-order valence-electron chi connectivity index (χ3n) is 4.18. The Morgan fingerprint density at radius 2 is 1.82 bits per heavy atom.